The first kappa shape index (κ1) is 32.0. The van der Waals surface area contributed by atoms with E-state index in [1.54, 1.807) is 0 Å². The first-order valence-electron chi connectivity index (χ1n) is 19.1. The molecule has 3 aromatic heterocycles. The van der Waals surface area contributed by atoms with Crippen molar-refractivity contribution in [1.82, 2.24) is 14.1 Å². The van der Waals surface area contributed by atoms with Crippen molar-refractivity contribution in [2.24, 2.45) is 0 Å². The predicted molar refractivity (Wildman–Crippen MR) is 235 cm³/mol. The fraction of sp³-hybridized carbons (Fsp3) is 0. The van der Waals surface area contributed by atoms with Gasteiger partial charge < -0.3 is 9.13 Å². The highest BCUT2D eigenvalue weighted by Gasteiger charge is 2.21. The third kappa shape index (κ3) is 5.25. The number of benzene rings is 8. The molecule has 0 N–H and O–H groups in total. The summed E-state index contributed by atoms with van der Waals surface area (Å²) >= 11 is 0. The molecule has 0 aliphatic heterocycles. The van der Waals surface area contributed by atoms with Crippen molar-refractivity contribution in [2.45, 2.75) is 0 Å². The SMILES string of the molecule is c1ccc(-c2cccc(-n3c4ccccc4c4ccc5c6ccccc6n(-c6ccc(-c7cc(-c8ccccc8)cc(-c8ccccc8)n7)cc6)c5c43)c2)cc1. The summed E-state index contributed by atoms with van der Waals surface area (Å²) in [5.74, 6) is 0. The molecule has 0 atom stereocenters. The minimum atomic E-state index is 0.944. The van der Waals surface area contributed by atoms with Crippen LogP contribution in [0.25, 0.3) is 99.8 Å². The van der Waals surface area contributed by atoms with Gasteiger partial charge in [-0.25, -0.2) is 4.98 Å². The molecule has 0 radical (unpaired) electrons. The molecule has 0 saturated carbocycles. The molecule has 0 fully saturated rings. The van der Waals surface area contributed by atoms with Crippen LogP contribution in [0.3, 0.4) is 0 Å². The van der Waals surface area contributed by atoms with Crippen molar-refractivity contribution in [1.29, 1.82) is 0 Å². The molecule has 56 heavy (non-hydrogen) atoms. The molecule has 8 aromatic carbocycles. The highest BCUT2D eigenvalue weighted by Crippen LogP contribution is 2.42. The van der Waals surface area contributed by atoms with E-state index in [1.807, 2.05) is 6.07 Å². The Bertz CT molecular complexity index is 3150. The molecule has 3 heterocycles. The topological polar surface area (TPSA) is 22.8 Å². The molecule has 0 spiro atoms. The number of fused-ring (bicyclic) bond motifs is 7. The Morgan fingerprint density at radius 3 is 1.29 bits per heavy atom. The Hall–Kier alpha value is -7.49. The number of rotatable bonds is 6. The van der Waals surface area contributed by atoms with Gasteiger partial charge in [0.05, 0.1) is 33.5 Å². The first-order valence-corrected chi connectivity index (χ1v) is 19.1. The van der Waals surface area contributed by atoms with E-state index in [2.05, 4.69) is 215 Å². The lowest BCUT2D eigenvalue weighted by Gasteiger charge is -2.14. The molecule has 0 amide bonds. The van der Waals surface area contributed by atoms with Gasteiger partial charge in [-0.05, 0) is 70.8 Å². The van der Waals surface area contributed by atoms with E-state index in [-0.39, 0.29) is 0 Å². The highest BCUT2D eigenvalue weighted by molar-refractivity contribution is 6.23. The average molecular weight is 714 g/mol. The van der Waals surface area contributed by atoms with Crippen molar-refractivity contribution in [3.8, 4) is 56.1 Å². The van der Waals surface area contributed by atoms with Gasteiger partial charge in [-0.1, -0.05) is 164 Å². The van der Waals surface area contributed by atoms with Gasteiger partial charge in [0.25, 0.3) is 0 Å². The van der Waals surface area contributed by atoms with Crippen LogP contribution in [0.2, 0.25) is 0 Å². The van der Waals surface area contributed by atoms with E-state index in [4.69, 9.17) is 4.98 Å². The van der Waals surface area contributed by atoms with Crippen LogP contribution in [-0.2, 0) is 0 Å². The molecule has 3 nitrogen and oxygen atoms in total. The average Bonchev–Trinajstić information content (AvgIpc) is 3.80. The second-order valence-corrected chi connectivity index (χ2v) is 14.4. The molecule has 11 aromatic rings. The smallest absolute Gasteiger partial charge is 0.0788 e. The molecular formula is C53H35N3. The standard InChI is InChI=1S/C53H35N3/c1-4-15-36(16-5-1)40-21-14-22-43(33-40)56-51-26-13-11-24-45(51)47-32-31-46-44-23-10-12-25-50(44)55(52(46)53(47)56)42-29-27-39(28-30-42)49-35-41(37-17-6-2-7-18-37)34-48(54-49)38-19-8-3-9-20-38/h1-35H. The van der Waals surface area contributed by atoms with Gasteiger partial charge in [0.2, 0.25) is 0 Å². The zero-order chi connectivity index (χ0) is 37.0. The number of aromatic nitrogens is 3. The zero-order valence-electron chi connectivity index (χ0n) is 30.5. The van der Waals surface area contributed by atoms with Gasteiger partial charge in [-0.3, -0.25) is 0 Å². The Kier molecular flexibility index (Phi) is 7.49. The van der Waals surface area contributed by atoms with Crippen LogP contribution < -0.4 is 0 Å². The van der Waals surface area contributed by atoms with Crippen LogP contribution >= 0.6 is 0 Å². The summed E-state index contributed by atoms with van der Waals surface area (Å²) in [4.78, 5) is 5.22. The molecule has 0 unspecified atom stereocenters. The number of pyridine rings is 1. The molecule has 11 rings (SSSR count). The quantitative estimate of drug-likeness (QED) is 0.168. The number of hydrogen-bond acceptors (Lipinski definition) is 1. The largest absolute Gasteiger partial charge is 0.307 e. The third-order valence-electron chi connectivity index (χ3n) is 11.1. The predicted octanol–water partition coefficient (Wildman–Crippen LogP) is 13.9. The molecule has 0 saturated heterocycles. The lowest BCUT2D eigenvalue weighted by Crippen LogP contribution is -1.99. The van der Waals surface area contributed by atoms with Crippen molar-refractivity contribution in [3.63, 3.8) is 0 Å². The van der Waals surface area contributed by atoms with Crippen LogP contribution in [0.15, 0.2) is 212 Å². The fourth-order valence-corrected chi connectivity index (χ4v) is 8.51. The minimum Gasteiger partial charge on any atom is -0.307 e. The van der Waals surface area contributed by atoms with Gasteiger partial charge in [0, 0.05) is 44.0 Å². The monoisotopic (exact) mass is 713 g/mol. The lowest BCUT2D eigenvalue weighted by atomic mass is 10.00. The number of nitrogens with zero attached hydrogens (tertiary/aromatic N) is 3. The maximum Gasteiger partial charge on any atom is 0.0788 e. The van der Waals surface area contributed by atoms with Crippen LogP contribution in [0.4, 0.5) is 0 Å². The van der Waals surface area contributed by atoms with E-state index in [9.17, 15) is 0 Å². The van der Waals surface area contributed by atoms with Gasteiger partial charge in [0.1, 0.15) is 0 Å². The van der Waals surface area contributed by atoms with Gasteiger partial charge >= 0.3 is 0 Å². The van der Waals surface area contributed by atoms with Crippen LogP contribution in [0.1, 0.15) is 0 Å². The summed E-state index contributed by atoms with van der Waals surface area (Å²) in [5.41, 5.74) is 15.8. The summed E-state index contributed by atoms with van der Waals surface area (Å²) < 4.78 is 4.92. The maximum absolute atomic E-state index is 5.22. The summed E-state index contributed by atoms with van der Waals surface area (Å²) in [6, 6.07) is 76.2. The van der Waals surface area contributed by atoms with Gasteiger partial charge in [-0.15, -0.1) is 0 Å². The molecule has 0 bridgehead atoms. The van der Waals surface area contributed by atoms with Crippen molar-refractivity contribution in [3.05, 3.63) is 212 Å². The normalized spacial score (nSPS) is 11.6. The number of para-hydroxylation sites is 2. The first-order chi connectivity index (χ1) is 27.8. The molecule has 0 aliphatic carbocycles. The van der Waals surface area contributed by atoms with E-state index >= 15 is 0 Å². The second-order valence-electron chi connectivity index (χ2n) is 14.4. The van der Waals surface area contributed by atoms with Gasteiger partial charge in [0.15, 0.2) is 0 Å². The molecular weight excluding hydrogens is 679 g/mol. The zero-order valence-corrected chi connectivity index (χ0v) is 30.5. The molecule has 0 aliphatic rings. The van der Waals surface area contributed by atoms with Crippen molar-refractivity contribution < 1.29 is 0 Å². The van der Waals surface area contributed by atoms with Crippen molar-refractivity contribution >= 4 is 43.6 Å². The summed E-state index contributed by atoms with van der Waals surface area (Å²) in [6.45, 7) is 0. The summed E-state index contributed by atoms with van der Waals surface area (Å²) in [6.07, 6.45) is 0. The minimum absolute atomic E-state index is 0.944. The lowest BCUT2D eigenvalue weighted by molar-refractivity contribution is 1.15. The Balaban J connectivity index is 1.14. The second kappa shape index (κ2) is 13.1. The van der Waals surface area contributed by atoms with Gasteiger partial charge in [-0.2, -0.15) is 0 Å². The highest BCUT2D eigenvalue weighted by atomic mass is 15.0. The molecule has 3 heteroatoms. The Morgan fingerprint density at radius 2 is 0.714 bits per heavy atom. The molecule has 262 valence electrons. The van der Waals surface area contributed by atoms with E-state index in [0.717, 1.165) is 39.5 Å². The Labute approximate surface area is 325 Å². The van der Waals surface area contributed by atoms with E-state index < -0.39 is 0 Å². The number of hydrogen-bond donors (Lipinski definition) is 0. The summed E-state index contributed by atoms with van der Waals surface area (Å²) in [5, 5.41) is 4.92. The Morgan fingerprint density at radius 1 is 0.268 bits per heavy atom. The van der Waals surface area contributed by atoms with Crippen molar-refractivity contribution in [2.75, 3.05) is 0 Å². The third-order valence-corrected chi connectivity index (χ3v) is 11.1. The van der Waals surface area contributed by atoms with Crippen LogP contribution in [-0.4, -0.2) is 14.1 Å². The van der Waals surface area contributed by atoms with E-state index in [1.165, 1.54) is 60.3 Å². The maximum atomic E-state index is 5.22. The summed E-state index contributed by atoms with van der Waals surface area (Å²) in [7, 11) is 0. The van der Waals surface area contributed by atoms with Crippen LogP contribution in [0.5, 0.6) is 0 Å². The van der Waals surface area contributed by atoms with E-state index in [0.29, 0.717) is 0 Å². The van der Waals surface area contributed by atoms with Crippen LogP contribution in [0, 0.1) is 0 Å². The fourth-order valence-electron chi connectivity index (χ4n) is 8.51.